The Bertz CT molecular complexity index is 1010. The number of nitrogens with one attached hydrogen (secondary N) is 1. The number of nitrogens with zero attached hydrogens (tertiary/aromatic N) is 1. The molecule has 1 N–H and O–H groups in total. The highest BCUT2D eigenvalue weighted by atomic mass is 32.2. The minimum atomic E-state index is -1.19. The summed E-state index contributed by atoms with van der Waals surface area (Å²) in [5, 5.41) is 2.95. The molecule has 0 bridgehead atoms. The number of amides is 1. The Morgan fingerprint density at radius 3 is 2.38 bits per heavy atom. The molecule has 0 unspecified atom stereocenters. The van der Waals surface area contributed by atoms with Crippen molar-refractivity contribution in [2.45, 2.75) is 50.8 Å². The molecular weight excluding hydrogens is 384 g/mol. The summed E-state index contributed by atoms with van der Waals surface area (Å²) in [7, 11) is -1.19. The van der Waals surface area contributed by atoms with Gasteiger partial charge in [0.05, 0.1) is 22.2 Å². The van der Waals surface area contributed by atoms with E-state index < -0.39 is 10.8 Å². The molecule has 3 aromatic rings. The third-order valence-electron chi connectivity index (χ3n) is 4.83. The molecule has 0 aliphatic rings. The lowest BCUT2D eigenvalue weighted by atomic mass is 10.1. The first-order valence-corrected chi connectivity index (χ1v) is 11.0. The standard InChI is InChI=1S/C23H26N2O3S/c1-5-16(3)24-22(26)18-8-10-19(11-9-18)23-25-21(17(4)28-23)14-29(27)20-12-6-15(2)7-13-20/h6-13,16H,5,14H2,1-4H3,(H,24,26)/t16-,29+/m1/s1. The van der Waals surface area contributed by atoms with Crippen LogP contribution in [0.15, 0.2) is 57.8 Å². The molecule has 152 valence electrons. The lowest BCUT2D eigenvalue weighted by molar-refractivity contribution is 0.0939. The molecule has 1 aromatic heterocycles. The minimum absolute atomic E-state index is 0.0938. The molecule has 0 spiro atoms. The maximum Gasteiger partial charge on any atom is 0.251 e. The zero-order chi connectivity index (χ0) is 21.0. The molecule has 0 fully saturated rings. The second-order valence-electron chi connectivity index (χ2n) is 7.18. The second-order valence-corrected chi connectivity index (χ2v) is 8.64. The summed E-state index contributed by atoms with van der Waals surface area (Å²) in [5.41, 5.74) is 3.18. The number of aromatic nitrogens is 1. The fraction of sp³-hybridized carbons (Fsp3) is 0.304. The van der Waals surface area contributed by atoms with Crippen molar-refractivity contribution in [1.82, 2.24) is 10.3 Å². The molecule has 0 saturated heterocycles. The first-order chi connectivity index (χ1) is 13.9. The van der Waals surface area contributed by atoms with Crippen LogP contribution in [0.25, 0.3) is 11.5 Å². The number of benzene rings is 2. The topological polar surface area (TPSA) is 72.2 Å². The number of hydrogen-bond acceptors (Lipinski definition) is 4. The van der Waals surface area contributed by atoms with Crippen molar-refractivity contribution in [3.05, 3.63) is 71.1 Å². The highest BCUT2D eigenvalue weighted by Crippen LogP contribution is 2.24. The van der Waals surface area contributed by atoms with E-state index in [0.29, 0.717) is 28.7 Å². The third kappa shape index (κ3) is 5.21. The van der Waals surface area contributed by atoms with Crippen molar-refractivity contribution in [3.63, 3.8) is 0 Å². The van der Waals surface area contributed by atoms with Gasteiger partial charge in [0.1, 0.15) is 5.76 Å². The fourth-order valence-corrected chi connectivity index (χ4v) is 3.88. The van der Waals surface area contributed by atoms with Gasteiger partial charge in [0.25, 0.3) is 5.91 Å². The first kappa shape index (κ1) is 21.0. The summed E-state index contributed by atoms with van der Waals surface area (Å²) in [6.07, 6.45) is 0.881. The highest BCUT2D eigenvalue weighted by molar-refractivity contribution is 7.84. The van der Waals surface area contributed by atoms with Crippen molar-refractivity contribution in [2.24, 2.45) is 0 Å². The van der Waals surface area contributed by atoms with Crippen LogP contribution in [-0.4, -0.2) is 21.1 Å². The van der Waals surface area contributed by atoms with E-state index in [1.807, 2.05) is 64.1 Å². The number of hydrogen-bond donors (Lipinski definition) is 1. The number of aryl methyl sites for hydroxylation is 2. The van der Waals surface area contributed by atoms with Crippen LogP contribution in [0.1, 0.15) is 47.6 Å². The molecule has 29 heavy (non-hydrogen) atoms. The van der Waals surface area contributed by atoms with E-state index in [1.165, 1.54) is 0 Å². The van der Waals surface area contributed by atoms with Gasteiger partial charge >= 0.3 is 0 Å². The highest BCUT2D eigenvalue weighted by Gasteiger charge is 2.16. The summed E-state index contributed by atoms with van der Waals surface area (Å²) in [6, 6.07) is 15.0. The van der Waals surface area contributed by atoms with E-state index in [1.54, 1.807) is 12.1 Å². The minimum Gasteiger partial charge on any atom is -0.441 e. The number of carbonyl (C=O) groups is 1. The van der Waals surface area contributed by atoms with Gasteiger partial charge in [-0.05, 0) is 63.6 Å². The van der Waals surface area contributed by atoms with Crippen molar-refractivity contribution in [1.29, 1.82) is 0 Å². The van der Waals surface area contributed by atoms with Crippen LogP contribution in [-0.2, 0) is 16.6 Å². The molecule has 1 amide bonds. The summed E-state index contributed by atoms with van der Waals surface area (Å²) < 4.78 is 18.4. The maximum atomic E-state index is 12.6. The smallest absolute Gasteiger partial charge is 0.251 e. The van der Waals surface area contributed by atoms with Crippen LogP contribution in [0, 0.1) is 13.8 Å². The molecule has 6 heteroatoms. The molecular formula is C23H26N2O3S. The van der Waals surface area contributed by atoms with Gasteiger partial charge in [-0.3, -0.25) is 9.00 Å². The van der Waals surface area contributed by atoms with Gasteiger partial charge in [-0.2, -0.15) is 0 Å². The lowest BCUT2D eigenvalue weighted by Gasteiger charge is -2.11. The SMILES string of the molecule is CC[C@@H](C)NC(=O)c1ccc(-c2nc(C[S@](=O)c3ccc(C)cc3)c(C)o2)cc1. The average molecular weight is 411 g/mol. The number of carbonyl (C=O) groups excluding carboxylic acids is 1. The summed E-state index contributed by atoms with van der Waals surface area (Å²) in [6.45, 7) is 7.83. The van der Waals surface area contributed by atoms with Crippen LogP contribution in [0.2, 0.25) is 0 Å². The Hall–Kier alpha value is -2.73. The van der Waals surface area contributed by atoms with Crippen LogP contribution >= 0.6 is 0 Å². The van der Waals surface area contributed by atoms with Crippen LogP contribution < -0.4 is 5.32 Å². The van der Waals surface area contributed by atoms with Crippen molar-refractivity contribution in [2.75, 3.05) is 0 Å². The van der Waals surface area contributed by atoms with Crippen LogP contribution in [0.4, 0.5) is 0 Å². The summed E-state index contributed by atoms with van der Waals surface area (Å²) >= 11 is 0. The predicted molar refractivity (Wildman–Crippen MR) is 115 cm³/mol. The maximum absolute atomic E-state index is 12.6. The normalized spacial score (nSPS) is 13.1. The summed E-state index contributed by atoms with van der Waals surface area (Å²) in [5.74, 6) is 1.32. The second kappa shape index (κ2) is 9.18. The van der Waals surface area contributed by atoms with Crippen molar-refractivity contribution >= 4 is 16.7 Å². The Morgan fingerprint density at radius 1 is 1.10 bits per heavy atom. The molecule has 1 heterocycles. The third-order valence-corrected chi connectivity index (χ3v) is 6.16. The molecule has 5 nitrogen and oxygen atoms in total. The van der Waals surface area contributed by atoms with E-state index in [9.17, 15) is 9.00 Å². The average Bonchev–Trinajstić information content (AvgIpc) is 3.08. The van der Waals surface area contributed by atoms with Crippen LogP contribution in [0.3, 0.4) is 0 Å². The van der Waals surface area contributed by atoms with Gasteiger partial charge in [-0.25, -0.2) is 4.98 Å². The molecule has 2 atom stereocenters. The summed E-state index contributed by atoms with van der Waals surface area (Å²) in [4.78, 5) is 17.5. The van der Waals surface area contributed by atoms with E-state index in [4.69, 9.17) is 4.42 Å². The Labute approximate surface area is 174 Å². The van der Waals surface area contributed by atoms with Gasteiger partial charge in [0, 0.05) is 22.1 Å². The molecule has 2 aromatic carbocycles. The van der Waals surface area contributed by atoms with E-state index >= 15 is 0 Å². The molecule has 0 saturated carbocycles. The predicted octanol–water partition coefficient (Wildman–Crippen LogP) is 4.79. The fourth-order valence-electron chi connectivity index (χ4n) is 2.76. The van der Waals surface area contributed by atoms with Gasteiger partial charge in [-0.1, -0.05) is 24.6 Å². The largest absolute Gasteiger partial charge is 0.441 e. The lowest BCUT2D eigenvalue weighted by Crippen LogP contribution is -2.31. The Morgan fingerprint density at radius 2 is 1.76 bits per heavy atom. The van der Waals surface area contributed by atoms with Gasteiger partial charge in [0.15, 0.2) is 0 Å². The van der Waals surface area contributed by atoms with E-state index in [2.05, 4.69) is 10.3 Å². The van der Waals surface area contributed by atoms with E-state index in [-0.39, 0.29) is 11.9 Å². The van der Waals surface area contributed by atoms with E-state index in [0.717, 1.165) is 22.4 Å². The molecule has 3 rings (SSSR count). The quantitative estimate of drug-likeness (QED) is 0.608. The Balaban J connectivity index is 1.73. The molecule has 0 radical (unpaired) electrons. The Kier molecular flexibility index (Phi) is 6.64. The van der Waals surface area contributed by atoms with Gasteiger partial charge in [0.2, 0.25) is 5.89 Å². The van der Waals surface area contributed by atoms with Crippen molar-refractivity contribution < 1.29 is 13.4 Å². The van der Waals surface area contributed by atoms with Gasteiger partial charge < -0.3 is 9.73 Å². The van der Waals surface area contributed by atoms with Crippen molar-refractivity contribution in [3.8, 4) is 11.5 Å². The number of oxazole rings is 1. The molecule has 0 aliphatic carbocycles. The zero-order valence-corrected chi connectivity index (χ0v) is 18.0. The first-order valence-electron chi connectivity index (χ1n) is 9.70. The van der Waals surface area contributed by atoms with Crippen LogP contribution in [0.5, 0.6) is 0 Å². The number of rotatable bonds is 7. The zero-order valence-electron chi connectivity index (χ0n) is 17.2. The monoisotopic (exact) mass is 410 g/mol. The van der Waals surface area contributed by atoms with Gasteiger partial charge in [-0.15, -0.1) is 0 Å². The molecule has 0 aliphatic heterocycles.